The fourth-order valence-electron chi connectivity index (χ4n) is 3.87. The highest BCUT2D eigenvalue weighted by molar-refractivity contribution is 6.53. The molecule has 0 spiro atoms. The van der Waals surface area contributed by atoms with Gasteiger partial charge in [-0.15, -0.1) is 0 Å². The summed E-state index contributed by atoms with van der Waals surface area (Å²) in [6.07, 6.45) is 1.92. The van der Waals surface area contributed by atoms with Crippen molar-refractivity contribution in [2.75, 3.05) is 36.4 Å². The van der Waals surface area contributed by atoms with Crippen LogP contribution in [0, 0.1) is 0 Å². The lowest BCUT2D eigenvalue weighted by Crippen LogP contribution is -2.32. The number of benzene rings is 3. The number of carbonyl (C=O) groups excluding carboxylic acids is 3. The number of carbonyl (C=O) groups is 3. The summed E-state index contributed by atoms with van der Waals surface area (Å²) in [5.74, 6) is -0.344. The molecule has 0 bridgehead atoms. The number of unbranched alkanes of at least 4 members (excludes halogenated alkanes) is 1. The average Bonchev–Trinajstić information content (AvgIpc) is 3.16. The van der Waals surface area contributed by atoms with Gasteiger partial charge in [0.05, 0.1) is 32.2 Å². The van der Waals surface area contributed by atoms with Crippen LogP contribution in [0.4, 0.5) is 17.1 Å². The molecule has 0 saturated carbocycles. The van der Waals surface area contributed by atoms with Crippen molar-refractivity contribution in [3.8, 4) is 17.2 Å². The SMILES string of the molecule is CCCCOc1ccccc1NC(=O)c1ccc(NC2=C(Cl)C(=O)N(c3cc(OC)ccc3OC)C2=O)cc1. The Labute approximate surface area is 231 Å². The Morgan fingerprint density at radius 3 is 2.36 bits per heavy atom. The number of imide groups is 1. The number of rotatable bonds is 11. The van der Waals surface area contributed by atoms with E-state index in [1.807, 2.05) is 12.1 Å². The number of anilines is 3. The molecule has 202 valence electrons. The molecular weight excluding hydrogens is 522 g/mol. The Balaban J connectivity index is 1.48. The van der Waals surface area contributed by atoms with Crippen LogP contribution in [-0.4, -0.2) is 38.5 Å². The summed E-state index contributed by atoms with van der Waals surface area (Å²) in [5, 5.41) is 5.50. The Kier molecular flexibility index (Phi) is 8.73. The molecule has 0 aromatic heterocycles. The summed E-state index contributed by atoms with van der Waals surface area (Å²) in [6.45, 7) is 2.64. The first kappa shape index (κ1) is 27.5. The zero-order valence-electron chi connectivity index (χ0n) is 21.7. The van der Waals surface area contributed by atoms with E-state index in [2.05, 4.69) is 17.6 Å². The molecular formula is C29H28ClN3O6. The molecule has 39 heavy (non-hydrogen) atoms. The molecule has 3 aromatic rings. The van der Waals surface area contributed by atoms with Crippen LogP contribution in [0.1, 0.15) is 30.1 Å². The Bertz CT molecular complexity index is 1420. The third kappa shape index (κ3) is 5.99. The first-order chi connectivity index (χ1) is 18.9. The van der Waals surface area contributed by atoms with Gasteiger partial charge in [-0.2, -0.15) is 0 Å². The highest BCUT2D eigenvalue weighted by Crippen LogP contribution is 2.38. The van der Waals surface area contributed by atoms with Gasteiger partial charge < -0.3 is 24.8 Å². The first-order valence-electron chi connectivity index (χ1n) is 12.3. The number of nitrogens with one attached hydrogen (secondary N) is 2. The fraction of sp³-hybridized carbons (Fsp3) is 0.207. The van der Waals surface area contributed by atoms with Crippen molar-refractivity contribution in [1.29, 1.82) is 0 Å². The third-order valence-corrected chi connectivity index (χ3v) is 6.31. The quantitative estimate of drug-likeness (QED) is 0.238. The Morgan fingerprint density at radius 2 is 1.67 bits per heavy atom. The van der Waals surface area contributed by atoms with E-state index in [1.165, 1.54) is 20.3 Å². The third-order valence-electron chi connectivity index (χ3n) is 5.96. The van der Waals surface area contributed by atoms with Gasteiger partial charge in [-0.1, -0.05) is 37.1 Å². The topological polar surface area (TPSA) is 106 Å². The minimum atomic E-state index is -0.702. The van der Waals surface area contributed by atoms with E-state index in [0.29, 0.717) is 40.8 Å². The summed E-state index contributed by atoms with van der Waals surface area (Å²) >= 11 is 6.28. The standard InChI is InChI=1S/C29H28ClN3O6/c1-4-5-16-39-23-9-7-6-8-21(23)32-27(34)18-10-12-19(13-11-18)31-26-25(30)28(35)33(29(26)36)22-17-20(37-2)14-15-24(22)38-3/h6-15,17,31H,4-5,16H2,1-3H3,(H,32,34). The minimum absolute atomic E-state index is 0.0955. The summed E-state index contributed by atoms with van der Waals surface area (Å²) < 4.78 is 16.3. The molecule has 10 heteroatoms. The maximum absolute atomic E-state index is 13.2. The van der Waals surface area contributed by atoms with Gasteiger partial charge in [0.25, 0.3) is 17.7 Å². The molecule has 0 fully saturated rings. The molecule has 1 aliphatic rings. The van der Waals surface area contributed by atoms with Crippen molar-refractivity contribution in [2.45, 2.75) is 19.8 Å². The minimum Gasteiger partial charge on any atom is -0.497 e. The monoisotopic (exact) mass is 549 g/mol. The van der Waals surface area contributed by atoms with E-state index < -0.39 is 11.8 Å². The maximum atomic E-state index is 13.2. The van der Waals surface area contributed by atoms with Crippen molar-refractivity contribution >= 4 is 46.4 Å². The van der Waals surface area contributed by atoms with Crippen molar-refractivity contribution in [3.05, 3.63) is 83.0 Å². The Morgan fingerprint density at radius 1 is 0.923 bits per heavy atom. The van der Waals surface area contributed by atoms with Crippen LogP contribution in [0.15, 0.2) is 77.5 Å². The first-order valence-corrected chi connectivity index (χ1v) is 12.7. The van der Waals surface area contributed by atoms with Gasteiger partial charge in [0.2, 0.25) is 0 Å². The normalized spacial score (nSPS) is 13.0. The van der Waals surface area contributed by atoms with E-state index in [1.54, 1.807) is 48.5 Å². The van der Waals surface area contributed by atoms with Crippen molar-refractivity contribution in [2.24, 2.45) is 0 Å². The summed E-state index contributed by atoms with van der Waals surface area (Å²) in [6, 6.07) is 18.4. The van der Waals surface area contributed by atoms with Gasteiger partial charge in [-0.25, -0.2) is 4.90 Å². The lowest BCUT2D eigenvalue weighted by Gasteiger charge is -2.19. The van der Waals surface area contributed by atoms with Crippen molar-refractivity contribution < 1.29 is 28.6 Å². The lowest BCUT2D eigenvalue weighted by atomic mass is 10.1. The van der Waals surface area contributed by atoms with E-state index in [9.17, 15) is 14.4 Å². The van der Waals surface area contributed by atoms with E-state index >= 15 is 0 Å². The van der Waals surface area contributed by atoms with Crippen LogP contribution in [0.25, 0.3) is 0 Å². The molecule has 0 aliphatic carbocycles. The zero-order chi connectivity index (χ0) is 27.9. The molecule has 0 radical (unpaired) electrons. The van der Waals surface area contributed by atoms with E-state index in [4.69, 9.17) is 25.8 Å². The number of hydrogen-bond acceptors (Lipinski definition) is 7. The molecule has 0 atom stereocenters. The molecule has 0 unspecified atom stereocenters. The molecule has 3 aromatic carbocycles. The average molecular weight is 550 g/mol. The predicted molar refractivity (Wildman–Crippen MR) is 150 cm³/mol. The van der Waals surface area contributed by atoms with Gasteiger partial charge in [0.15, 0.2) is 0 Å². The number of amides is 3. The van der Waals surface area contributed by atoms with Crippen molar-refractivity contribution in [1.82, 2.24) is 0 Å². The largest absolute Gasteiger partial charge is 0.497 e. The highest BCUT2D eigenvalue weighted by atomic mass is 35.5. The van der Waals surface area contributed by atoms with Crippen LogP contribution in [0.3, 0.4) is 0 Å². The fourth-order valence-corrected chi connectivity index (χ4v) is 4.08. The summed E-state index contributed by atoms with van der Waals surface area (Å²) in [4.78, 5) is 40.0. The summed E-state index contributed by atoms with van der Waals surface area (Å²) in [5.41, 5.74) is 1.53. The van der Waals surface area contributed by atoms with Crippen LogP contribution in [0.2, 0.25) is 0 Å². The van der Waals surface area contributed by atoms with Crippen LogP contribution < -0.4 is 29.7 Å². The lowest BCUT2D eigenvalue weighted by molar-refractivity contribution is -0.120. The maximum Gasteiger partial charge on any atom is 0.283 e. The molecule has 3 amide bonds. The van der Waals surface area contributed by atoms with E-state index in [0.717, 1.165) is 17.7 Å². The van der Waals surface area contributed by atoms with Gasteiger partial charge >= 0.3 is 0 Å². The molecule has 0 saturated heterocycles. The number of halogens is 1. The van der Waals surface area contributed by atoms with E-state index in [-0.39, 0.29) is 22.3 Å². The second kappa shape index (κ2) is 12.4. The molecule has 9 nitrogen and oxygen atoms in total. The molecule has 4 rings (SSSR count). The predicted octanol–water partition coefficient (Wildman–Crippen LogP) is 5.57. The second-order valence-corrected chi connectivity index (χ2v) is 8.91. The van der Waals surface area contributed by atoms with Gasteiger partial charge in [-0.3, -0.25) is 14.4 Å². The number of hydrogen-bond donors (Lipinski definition) is 2. The van der Waals surface area contributed by atoms with Crippen LogP contribution >= 0.6 is 11.6 Å². The Hall–Kier alpha value is -4.50. The second-order valence-electron chi connectivity index (χ2n) is 8.53. The highest BCUT2D eigenvalue weighted by Gasteiger charge is 2.40. The number of methoxy groups -OCH3 is 2. The van der Waals surface area contributed by atoms with Gasteiger partial charge in [0.1, 0.15) is 28.0 Å². The smallest absolute Gasteiger partial charge is 0.283 e. The molecule has 2 N–H and O–H groups in total. The zero-order valence-corrected chi connectivity index (χ0v) is 22.5. The van der Waals surface area contributed by atoms with Gasteiger partial charge in [0, 0.05) is 17.3 Å². The molecule has 1 heterocycles. The van der Waals surface area contributed by atoms with Crippen LogP contribution in [-0.2, 0) is 9.59 Å². The summed E-state index contributed by atoms with van der Waals surface area (Å²) in [7, 11) is 2.90. The van der Waals surface area contributed by atoms with Crippen molar-refractivity contribution in [3.63, 3.8) is 0 Å². The molecule has 1 aliphatic heterocycles. The van der Waals surface area contributed by atoms with Crippen LogP contribution in [0.5, 0.6) is 17.2 Å². The number of ether oxygens (including phenoxy) is 3. The van der Waals surface area contributed by atoms with Gasteiger partial charge in [-0.05, 0) is 55.0 Å². The number of para-hydroxylation sites is 2. The number of nitrogens with zero attached hydrogens (tertiary/aromatic N) is 1.